The van der Waals surface area contributed by atoms with Crippen LogP contribution < -0.4 is 10.6 Å². The van der Waals surface area contributed by atoms with Crippen LogP contribution in [0.15, 0.2) is 0 Å². The molecule has 16 heavy (non-hydrogen) atoms. The van der Waals surface area contributed by atoms with Crippen molar-refractivity contribution >= 4 is 5.91 Å². The van der Waals surface area contributed by atoms with Crippen LogP contribution >= 0.6 is 0 Å². The van der Waals surface area contributed by atoms with Crippen LogP contribution in [0.25, 0.3) is 0 Å². The second kappa shape index (κ2) is 6.21. The Bertz CT molecular complexity index is 223. The molecule has 2 N–H and O–H groups in total. The number of nitrogens with one attached hydrogen (secondary N) is 2. The van der Waals surface area contributed by atoms with E-state index in [1.165, 1.54) is 19.3 Å². The van der Waals surface area contributed by atoms with Gasteiger partial charge in [0.25, 0.3) is 0 Å². The first-order valence-electron chi connectivity index (χ1n) is 6.42. The molecule has 2 rings (SSSR count). The van der Waals surface area contributed by atoms with Crippen molar-refractivity contribution in [3.05, 3.63) is 0 Å². The SMILES string of the molecule is O=C(CCCNCC1CCOC1)NC1CC1. The molecule has 0 aromatic rings. The minimum absolute atomic E-state index is 0.216. The highest BCUT2D eigenvalue weighted by Gasteiger charge is 2.22. The zero-order valence-corrected chi connectivity index (χ0v) is 9.84. The summed E-state index contributed by atoms with van der Waals surface area (Å²) in [5, 5.41) is 6.39. The summed E-state index contributed by atoms with van der Waals surface area (Å²) < 4.78 is 5.30. The lowest BCUT2D eigenvalue weighted by molar-refractivity contribution is -0.121. The van der Waals surface area contributed by atoms with Gasteiger partial charge in [-0.2, -0.15) is 0 Å². The number of amides is 1. The van der Waals surface area contributed by atoms with Gasteiger partial charge < -0.3 is 15.4 Å². The molecule has 4 heteroatoms. The predicted octanol–water partition coefficient (Wildman–Crippen LogP) is 0.671. The van der Waals surface area contributed by atoms with Crippen LogP contribution in [0.3, 0.4) is 0 Å². The van der Waals surface area contributed by atoms with Crippen LogP contribution in [0.1, 0.15) is 32.1 Å². The van der Waals surface area contributed by atoms with Crippen molar-refractivity contribution in [3.8, 4) is 0 Å². The van der Waals surface area contributed by atoms with Crippen molar-refractivity contribution < 1.29 is 9.53 Å². The second-order valence-corrected chi connectivity index (χ2v) is 4.88. The van der Waals surface area contributed by atoms with Gasteiger partial charge in [0.1, 0.15) is 0 Å². The zero-order valence-electron chi connectivity index (χ0n) is 9.84. The molecule has 1 unspecified atom stereocenters. The fourth-order valence-corrected chi connectivity index (χ4v) is 1.95. The van der Waals surface area contributed by atoms with Gasteiger partial charge in [0.2, 0.25) is 5.91 Å². The molecular formula is C12H22N2O2. The van der Waals surface area contributed by atoms with Gasteiger partial charge in [0.15, 0.2) is 0 Å². The van der Waals surface area contributed by atoms with Crippen LogP contribution in [-0.2, 0) is 9.53 Å². The molecule has 4 nitrogen and oxygen atoms in total. The fourth-order valence-electron chi connectivity index (χ4n) is 1.95. The number of rotatable bonds is 7. The summed E-state index contributed by atoms with van der Waals surface area (Å²) in [6, 6.07) is 0.496. The zero-order chi connectivity index (χ0) is 11.2. The van der Waals surface area contributed by atoms with Crippen molar-refractivity contribution in [1.29, 1.82) is 0 Å². The minimum atomic E-state index is 0.216. The fraction of sp³-hybridized carbons (Fsp3) is 0.917. The van der Waals surface area contributed by atoms with E-state index in [0.717, 1.165) is 32.7 Å². The molecule has 2 fully saturated rings. The Morgan fingerprint density at radius 1 is 1.31 bits per heavy atom. The van der Waals surface area contributed by atoms with E-state index in [2.05, 4.69) is 10.6 Å². The first-order valence-corrected chi connectivity index (χ1v) is 6.42. The average Bonchev–Trinajstić information content (AvgIpc) is 2.93. The van der Waals surface area contributed by atoms with Gasteiger partial charge in [-0.05, 0) is 38.1 Å². The van der Waals surface area contributed by atoms with Crippen molar-refractivity contribution in [1.82, 2.24) is 10.6 Å². The van der Waals surface area contributed by atoms with Crippen molar-refractivity contribution in [3.63, 3.8) is 0 Å². The summed E-state index contributed by atoms with van der Waals surface area (Å²) in [4.78, 5) is 11.4. The van der Waals surface area contributed by atoms with E-state index in [9.17, 15) is 4.79 Å². The molecule has 1 saturated heterocycles. The maximum atomic E-state index is 11.4. The molecule has 92 valence electrons. The minimum Gasteiger partial charge on any atom is -0.381 e. The Morgan fingerprint density at radius 3 is 2.88 bits per heavy atom. The molecule has 0 aromatic carbocycles. The maximum absolute atomic E-state index is 11.4. The Balaban J connectivity index is 1.40. The van der Waals surface area contributed by atoms with E-state index < -0.39 is 0 Å². The van der Waals surface area contributed by atoms with Gasteiger partial charge in [0, 0.05) is 25.6 Å². The standard InChI is InChI=1S/C12H22N2O2/c15-12(14-11-3-4-11)2-1-6-13-8-10-5-7-16-9-10/h10-11,13H,1-9H2,(H,14,15). The molecule has 1 heterocycles. The summed E-state index contributed by atoms with van der Waals surface area (Å²) in [6.45, 7) is 3.78. The molecule has 0 spiro atoms. The van der Waals surface area contributed by atoms with E-state index >= 15 is 0 Å². The molecule has 0 bridgehead atoms. The van der Waals surface area contributed by atoms with E-state index in [1.807, 2.05) is 0 Å². The second-order valence-electron chi connectivity index (χ2n) is 4.88. The smallest absolute Gasteiger partial charge is 0.220 e. The van der Waals surface area contributed by atoms with E-state index in [-0.39, 0.29) is 5.91 Å². The first-order chi connectivity index (χ1) is 7.84. The Kier molecular flexibility index (Phi) is 4.60. The van der Waals surface area contributed by atoms with E-state index in [4.69, 9.17) is 4.74 Å². The van der Waals surface area contributed by atoms with Crippen molar-refractivity contribution in [2.75, 3.05) is 26.3 Å². The highest BCUT2D eigenvalue weighted by atomic mass is 16.5. The van der Waals surface area contributed by atoms with Crippen LogP contribution in [0, 0.1) is 5.92 Å². The summed E-state index contributed by atoms with van der Waals surface area (Å²) in [7, 11) is 0. The number of hydrogen-bond donors (Lipinski definition) is 2. The molecule has 2 aliphatic rings. The Hall–Kier alpha value is -0.610. The third-order valence-electron chi connectivity index (χ3n) is 3.16. The van der Waals surface area contributed by atoms with Gasteiger partial charge in [-0.25, -0.2) is 0 Å². The largest absolute Gasteiger partial charge is 0.381 e. The molecule has 0 radical (unpaired) electrons. The van der Waals surface area contributed by atoms with E-state index in [0.29, 0.717) is 18.4 Å². The third kappa shape index (κ3) is 4.49. The predicted molar refractivity (Wildman–Crippen MR) is 62.2 cm³/mol. The van der Waals surface area contributed by atoms with Crippen LogP contribution in [0.2, 0.25) is 0 Å². The van der Waals surface area contributed by atoms with Crippen LogP contribution in [-0.4, -0.2) is 38.3 Å². The topological polar surface area (TPSA) is 50.4 Å². The highest BCUT2D eigenvalue weighted by molar-refractivity contribution is 5.76. The average molecular weight is 226 g/mol. The van der Waals surface area contributed by atoms with Crippen molar-refractivity contribution in [2.24, 2.45) is 5.92 Å². The molecule has 1 amide bonds. The number of hydrogen-bond acceptors (Lipinski definition) is 3. The normalized spacial score (nSPS) is 24.6. The summed E-state index contributed by atoms with van der Waals surface area (Å²) in [5.74, 6) is 0.897. The van der Waals surface area contributed by atoms with Gasteiger partial charge in [-0.1, -0.05) is 0 Å². The highest BCUT2D eigenvalue weighted by Crippen LogP contribution is 2.18. The first kappa shape index (κ1) is 11.9. The molecule has 1 aliphatic heterocycles. The number of carbonyl (C=O) groups excluding carboxylic acids is 1. The van der Waals surface area contributed by atoms with Crippen molar-refractivity contribution in [2.45, 2.75) is 38.1 Å². The number of ether oxygens (including phenoxy) is 1. The quantitative estimate of drug-likeness (QED) is 0.627. The van der Waals surface area contributed by atoms with Gasteiger partial charge in [-0.3, -0.25) is 4.79 Å². The van der Waals surface area contributed by atoms with Gasteiger partial charge in [0.05, 0.1) is 6.61 Å². The van der Waals surface area contributed by atoms with E-state index in [1.54, 1.807) is 0 Å². The molecule has 0 aromatic heterocycles. The lowest BCUT2D eigenvalue weighted by atomic mass is 10.1. The summed E-state index contributed by atoms with van der Waals surface area (Å²) in [6.07, 6.45) is 5.11. The lowest BCUT2D eigenvalue weighted by Crippen LogP contribution is -2.28. The molecular weight excluding hydrogens is 204 g/mol. The molecule has 1 saturated carbocycles. The molecule has 1 atom stereocenters. The molecule has 1 aliphatic carbocycles. The lowest BCUT2D eigenvalue weighted by Gasteiger charge is -2.09. The third-order valence-corrected chi connectivity index (χ3v) is 3.16. The Morgan fingerprint density at radius 2 is 2.19 bits per heavy atom. The monoisotopic (exact) mass is 226 g/mol. The summed E-state index contributed by atoms with van der Waals surface area (Å²) in [5.41, 5.74) is 0. The Labute approximate surface area is 97.1 Å². The van der Waals surface area contributed by atoms with Crippen LogP contribution in [0.4, 0.5) is 0 Å². The van der Waals surface area contributed by atoms with Crippen LogP contribution in [0.5, 0.6) is 0 Å². The maximum Gasteiger partial charge on any atom is 0.220 e. The van der Waals surface area contributed by atoms with Gasteiger partial charge in [-0.15, -0.1) is 0 Å². The summed E-state index contributed by atoms with van der Waals surface area (Å²) >= 11 is 0. The number of carbonyl (C=O) groups is 1. The van der Waals surface area contributed by atoms with Gasteiger partial charge >= 0.3 is 0 Å².